The highest BCUT2D eigenvalue weighted by molar-refractivity contribution is 6.04. The fourth-order valence-electron chi connectivity index (χ4n) is 4.82. The lowest BCUT2D eigenvalue weighted by Gasteiger charge is -2.18. The molecule has 0 bridgehead atoms. The van der Waals surface area contributed by atoms with Gasteiger partial charge >= 0.3 is 6.18 Å². The second-order valence-electron chi connectivity index (χ2n) is 10.1. The van der Waals surface area contributed by atoms with Crippen LogP contribution in [-0.4, -0.2) is 50.7 Å². The van der Waals surface area contributed by atoms with Gasteiger partial charge in [0.25, 0.3) is 5.91 Å². The van der Waals surface area contributed by atoms with Gasteiger partial charge in [-0.2, -0.15) is 23.0 Å². The molecule has 1 aliphatic heterocycles. The van der Waals surface area contributed by atoms with Gasteiger partial charge in [-0.15, -0.1) is 0 Å². The molecule has 9 nitrogen and oxygen atoms in total. The summed E-state index contributed by atoms with van der Waals surface area (Å²) in [5.74, 6) is 1.21. The SMILES string of the molecule is CNc1cc(-n2nc(C)cc2Nc2cc(NC(=O)c3cc(CN4CCCC4)cc(C(F)(F)F)c3)ccc2C)ncn1. The number of rotatable bonds is 8. The Morgan fingerprint density at radius 3 is 2.51 bits per heavy atom. The predicted octanol–water partition coefficient (Wildman–Crippen LogP) is 5.93. The maximum Gasteiger partial charge on any atom is 0.416 e. The van der Waals surface area contributed by atoms with Gasteiger partial charge in [-0.1, -0.05) is 6.07 Å². The molecule has 4 aromatic rings. The van der Waals surface area contributed by atoms with E-state index in [9.17, 15) is 18.0 Å². The third kappa shape index (κ3) is 6.65. The number of halogens is 3. The first kappa shape index (κ1) is 28.1. The zero-order valence-electron chi connectivity index (χ0n) is 23.0. The van der Waals surface area contributed by atoms with Crippen molar-refractivity contribution in [3.8, 4) is 5.82 Å². The number of amides is 1. The minimum absolute atomic E-state index is 0.0399. The average Bonchev–Trinajstić information content (AvgIpc) is 3.59. The quantitative estimate of drug-likeness (QED) is 0.244. The van der Waals surface area contributed by atoms with Crippen molar-refractivity contribution in [1.29, 1.82) is 0 Å². The van der Waals surface area contributed by atoms with Gasteiger partial charge in [0, 0.05) is 42.7 Å². The lowest BCUT2D eigenvalue weighted by Crippen LogP contribution is -2.20. The molecule has 0 atom stereocenters. The molecule has 0 unspecified atom stereocenters. The Labute approximate surface area is 235 Å². The Hall–Kier alpha value is -4.45. The molecular formula is C29H31F3N8O. The normalized spacial score (nSPS) is 13.8. The monoisotopic (exact) mass is 564 g/mol. The van der Waals surface area contributed by atoms with Gasteiger partial charge in [0.15, 0.2) is 5.82 Å². The van der Waals surface area contributed by atoms with Crippen LogP contribution in [0.15, 0.2) is 54.9 Å². The van der Waals surface area contributed by atoms with Crippen molar-refractivity contribution >= 4 is 28.9 Å². The molecule has 0 saturated carbocycles. The van der Waals surface area contributed by atoms with Gasteiger partial charge < -0.3 is 16.0 Å². The zero-order valence-corrected chi connectivity index (χ0v) is 23.0. The molecule has 1 aliphatic rings. The van der Waals surface area contributed by atoms with Crippen molar-refractivity contribution < 1.29 is 18.0 Å². The predicted molar refractivity (Wildman–Crippen MR) is 152 cm³/mol. The van der Waals surface area contributed by atoms with Crippen LogP contribution >= 0.6 is 0 Å². The van der Waals surface area contributed by atoms with E-state index in [-0.39, 0.29) is 5.56 Å². The maximum absolute atomic E-state index is 13.7. The number of hydrogen-bond donors (Lipinski definition) is 3. The van der Waals surface area contributed by atoms with Crippen LogP contribution in [0, 0.1) is 13.8 Å². The summed E-state index contributed by atoms with van der Waals surface area (Å²) >= 11 is 0. The van der Waals surface area contributed by atoms with Gasteiger partial charge in [0.2, 0.25) is 0 Å². The molecule has 1 saturated heterocycles. The molecule has 41 heavy (non-hydrogen) atoms. The summed E-state index contributed by atoms with van der Waals surface area (Å²) in [4.78, 5) is 23.8. The molecule has 2 aromatic carbocycles. The van der Waals surface area contributed by atoms with Crippen LogP contribution in [0.1, 0.15) is 45.6 Å². The van der Waals surface area contributed by atoms with Crippen LogP contribution in [0.3, 0.4) is 0 Å². The summed E-state index contributed by atoms with van der Waals surface area (Å²) < 4.78 is 42.7. The zero-order chi connectivity index (χ0) is 29.1. The molecule has 2 aromatic heterocycles. The van der Waals surface area contributed by atoms with E-state index in [0.717, 1.165) is 49.3 Å². The Morgan fingerprint density at radius 1 is 1.00 bits per heavy atom. The van der Waals surface area contributed by atoms with Crippen LogP contribution in [0.5, 0.6) is 0 Å². The van der Waals surface area contributed by atoms with Crippen molar-refractivity contribution in [2.75, 3.05) is 36.1 Å². The van der Waals surface area contributed by atoms with Gasteiger partial charge in [-0.05, 0) is 81.2 Å². The number of likely N-dealkylation sites (tertiary alicyclic amines) is 1. The fraction of sp³-hybridized carbons (Fsp3) is 0.310. The number of alkyl halides is 3. The summed E-state index contributed by atoms with van der Waals surface area (Å²) in [5, 5.41) is 13.6. The average molecular weight is 565 g/mol. The van der Waals surface area contributed by atoms with E-state index in [0.29, 0.717) is 40.9 Å². The van der Waals surface area contributed by atoms with Crippen molar-refractivity contribution in [3.05, 3.63) is 82.8 Å². The highest BCUT2D eigenvalue weighted by Gasteiger charge is 2.32. The summed E-state index contributed by atoms with van der Waals surface area (Å²) in [7, 11) is 1.76. The third-order valence-electron chi connectivity index (χ3n) is 6.90. The third-order valence-corrected chi connectivity index (χ3v) is 6.90. The largest absolute Gasteiger partial charge is 0.416 e. The van der Waals surface area contributed by atoms with E-state index in [2.05, 4.69) is 35.9 Å². The minimum Gasteiger partial charge on any atom is -0.373 e. The number of nitrogens with zero attached hydrogens (tertiary/aromatic N) is 5. The Bertz CT molecular complexity index is 1560. The van der Waals surface area contributed by atoms with Gasteiger partial charge in [-0.25, -0.2) is 9.97 Å². The van der Waals surface area contributed by atoms with Crippen molar-refractivity contribution in [2.45, 2.75) is 39.4 Å². The van der Waals surface area contributed by atoms with Gasteiger partial charge in [-0.3, -0.25) is 9.69 Å². The molecule has 1 fully saturated rings. The smallest absolute Gasteiger partial charge is 0.373 e. The summed E-state index contributed by atoms with van der Waals surface area (Å²) in [6, 6.07) is 12.5. The molecule has 1 amide bonds. The number of carbonyl (C=O) groups excluding carboxylic acids is 1. The number of benzene rings is 2. The number of anilines is 4. The number of hydrogen-bond acceptors (Lipinski definition) is 7. The first-order chi connectivity index (χ1) is 19.6. The first-order valence-corrected chi connectivity index (χ1v) is 13.3. The number of carbonyl (C=O) groups is 1. The lowest BCUT2D eigenvalue weighted by atomic mass is 10.0. The molecule has 0 radical (unpaired) electrons. The van der Waals surface area contributed by atoms with E-state index in [4.69, 9.17) is 0 Å². The maximum atomic E-state index is 13.7. The Morgan fingerprint density at radius 2 is 1.78 bits per heavy atom. The second-order valence-corrected chi connectivity index (χ2v) is 10.1. The van der Waals surface area contributed by atoms with Crippen LogP contribution in [0.2, 0.25) is 0 Å². The second kappa shape index (κ2) is 11.6. The molecular weight excluding hydrogens is 533 g/mol. The van der Waals surface area contributed by atoms with E-state index >= 15 is 0 Å². The standard InChI is InChI=1S/C29H31F3N8O/c1-18-6-7-23(14-24(18)37-27-10-19(2)38-40(27)26-15-25(33-3)34-17-35-26)36-28(41)21-11-20(16-39-8-4-5-9-39)12-22(13-21)29(30,31)32/h6-7,10-15,17,37H,4-5,8-9,16H2,1-3H3,(H,36,41)(H,33,34,35). The van der Waals surface area contributed by atoms with Crippen LogP contribution in [0.4, 0.5) is 36.2 Å². The molecule has 12 heteroatoms. The fourth-order valence-corrected chi connectivity index (χ4v) is 4.82. The lowest BCUT2D eigenvalue weighted by molar-refractivity contribution is -0.137. The van der Waals surface area contributed by atoms with Crippen LogP contribution < -0.4 is 16.0 Å². The molecule has 0 spiro atoms. The topological polar surface area (TPSA) is 100 Å². The van der Waals surface area contributed by atoms with Crippen molar-refractivity contribution in [3.63, 3.8) is 0 Å². The number of nitrogens with one attached hydrogen (secondary N) is 3. The minimum atomic E-state index is -4.56. The summed E-state index contributed by atoms with van der Waals surface area (Å²) in [6.45, 7) is 5.81. The van der Waals surface area contributed by atoms with Crippen molar-refractivity contribution in [1.82, 2.24) is 24.6 Å². The molecule has 3 N–H and O–H groups in total. The van der Waals surface area contributed by atoms with Crippen LogP contribution in [0.25, 0.3) is 5.82 Å². The van der Waals surface area contributed by atoms with E-state index in [1.54, 1.807) is 36.0 Å². The van der Waals surface area contributed by atoms with E-state index in [1.165, 1.54) is 6.33 Å². The summed E-state index contributed by atoms with van der Waals surface area (Å²) in [5.41, 5.74) is 2.36. The Balaban J connectivity index is 1.39. The summed E-state index contributed by atoms with van der Waals surface area (Å²) in [6.07, 6.45) is -1.08. The van der Waals surface area contributed by atoms with Gasteiger partial charge in [0.05, 0.1) is 11.3 Å². The van der Waals surface area contributed by atoms with Gasteiger partial charge in [0.1, 0.15) is 18.0 Å². The Kier molecular flexibility index (Phi) is 7.93. The highest BCUT2D eigenvalue weighted by Crippen LogP contribution is 2.32. The number of aryl methyl sites for hydroxylation is 2. The number of aromatic nitrogens is 4. The van der Waals surface area contributed by atoms with Crippen molar-refractivity contribution in [2.24, 2.45) is 0 Å². The molecule has 5 rings (SSSR count). The first-order valence-electron chi connectivity index (χ1n) is 13.3. The van der Waals surface area contributed by atoms with Crippen LogP contribution in [-0.2, 0) is 12.7 Å². The van der Waals surface area contributed by atoms with E-state index in [1.807, 2.05) is 26.0 Å². The molecule has 214 valence electrons. The molecule has 3 heterocycles. The highest BCUT2D eigenvalue weighted by atomic mass is 19.4. The molecule has 0 aliphatic carbocycles. The van der Waals surface area contributed by atoms with E-state index < -0.39 is 17.6 Å².